The molecule has 104 valence electrons. The van der Waals surface area contributed by atoms with Gasteiger partial charge >= 0.3 is 0 Å². The summed E-state index contributed by atoms with van der Waals surface area (Å²) in [5.74, 6) is 0. The van der Waals surface area contributed by atoms with Gasteiger partial charge in [0.05, 0.1) is 5.52 Å². The highest BCUT2D eigenvalue weighted by Crippen LogP contribution is 2.31. The van der Waals surface area contributed by atoms with Gasteiger partial charge in [-0.05, 0) is 67.3 Å². The topological polar surface area (TPSA) is 24.9 Å². The van der Waals surface area contributed by atoms with Crippen molar-refractivity contribution in [3.05, 3.63) is 40.6 Å². The third-order valence-corrected chi connectivity index (χ3v) is 4.75. The molecule has 1 aromatic carbocycles. The van der Waals surface area contributed by atoms with Gasteiger partial charge in [0.2, 0.25) is 0 Å². The molecule has 0 atom stereocenters. The highest BCUT2D eigenvalue weighted by atomic mass is 14.9. The fourth-order valence-corrected chi connectivity index (χ4v) is 3.36. The van der Waals surface area contributed by atoms with Crippen LogP contribution in [0.5, 0.6) is 0 Å². The maximum atomic E-state index is 4.91. The average molecular weight is 266 g/mol. The molecule has 0 radical (unpaired) electrons. The van der Waals surface area contributed by atoms with E-state index < -0.39 is 0 Å². The Kier molecular flexibility index (Phi) is 2.99. The molecule has 0 aliphatic heterocycles. The number of pyridine rings is 1. The van der Waals surface area contributed by atoms with E-state index in [1.54, 1.807) is 5.56 Å². The zero-order valence-electron chi connectivity index (χ0n) is 12.2. The molecular formula is C18H22N2. The molecule has 2 aliphatic rings. The molecule has 4 rings (SSSR count). The second-order valence-electron chi connectivity index (χ2n) is 6.23. The average Bonchev–Trinajstić information content (AvgIpc) is 3.19. The number of nitrogens with one attached hydrogen (secondary N) is 1. The summed E-state index contributed by atoms with van der Waals surface area (Å²) in [4.78, 5) is 4.91. The van der Waals surface area contributed by atoms with Gasteiger partial charge in [-0.2, -0.15) is 0 Å². The van der Waals surface area contributed by atoms with Gasteiger partial charge in [-0.3, -0.25) is 4.98 Å². The molecule has 1 N–H and O–H groups in total. The Hall–Kier alpha value is -1.41. The van der Waals surface area contributed by atoms with Crippen molar-refractivity contribution in [1.82, 2.24) is 10.3 Å². The number of fused-ring (bicyclic) bond motifs is 2. The number of aryl methyl sites for hydroxylation is 2. The van der Waals surface area contributed by atoms with Crippen molar-refractivity contribution in [3.8, 4) is 0 Å². The van der Waals surface area contributed by atoms with Crippen molar-refractivity contribution < 1.29 is 0 Å². The number of rotatable bonds is 4. The molecule has 0 unspecified atom stereocenters. The summed E-state index contributed by atoms with van der Waals surface area (Å²) in [6.07, 6.45) is 7.46. The number of benzene rings is 1. The van der Waals surface area contributed by atoms with Gasteiger partial charge in [-0.15, -0.1) is 0 Å². The highest BCUT2D eigenvalue weighted by molar-refractivity contribution is 5.84. The van der Waals surface area contributed by atoms with Crippen LogP contribution in [-0.2, 0) is 25.8 Å². The second-order valence-corrected chi connectivity index (χ2v) is 6.23. The van der Waals surface area contributed by atoms with E-state index in [0.29, 0.717) is 0 Å². The number of aromatic nitrogens is 1. The lowest BCUT2D eigenvalue weighted by atomic mass is 9.99. The first-order valence-electron chi connectivity index (χ1n) is 8.02. The Morgan fingerprint density at radius 3 is 2.95 bits per heavy atom. The Labute approximate surface area is 120 Å². The van der Waals surface area contributed by atoms with Crippen molar-refractivity contribution in [3.63, 3.8) is 0 Å². The lowest BCUT2D eigenvalue weighted by Crippen LogP contribution is -2.17. The highest BCUT2D eigenvalue weighted by Gasteiger charge is 2.23. The molecule has 2 nitrogen and oxygen atoms in total. The Bertz CT molecular complexity index is 656. The van der Waals surface area contributed by atoms with Gasteiger partial charge in [0, 0.05) is 23.7 Å². The largest absolute Gasteiger partial charge is 0.310 e. The predicted molar refractivity (Wildman–Crippen MR) is 83.0 cm³/mol. The standard InChI is InChI=1S/C18H22N2/c1-2-12-6-9-18-15(10-12)16(11-19-13-7-8-13)14-4-3-5-17(14)20-18/h6,9-10,13,19H,2-5,7-8,11H2,1H3. The summed E-state index contributed by atoms with van der Waals surface area (Å²) in [7, 11) is 0. The van der Waals surface area contributed by atoms with E-state index in [2.05, 4.69) is 30.4 Å². The molecule has 0 bridgehead atoms. The summed E-state index contributed by atoms with van der Waals surface area (Å²) < 4.78 is 0. The monoisotopic (exact) mass is 266 g/mol. The van der Waals surface area contributed by atoms with Crippen molar-refractivity contribution >= 4 is 10.9 Å². The van der Waals surface area contributed by atoms with Crippen molar-refractivity contribution in [2.45, 2.75) is 58.0 Å². The summed E-state index contributed by atoms with van der Waals surface area (Å²) in [5, 5.41) is 5.09. The van der Waals surface area contributed by atoms with Crippen LogP contribution in [0.2, 0.25) is 0 Å². The van der Waals surface area contributed by atoms with Crippen molar-refractivity contribution in [2.75, 3.05) is 0 Å². The van der Waals surface area contributed by atoms with Crippen LogP contribution in [0.1, 0.15) is 48.6 Å². The fraction of sp³-hybridized carbons (Fsp3) is 0.500. The first-order valence-corrected chi connectivity index (χ1v) is 8.02. The van der Waals surface area contributed by atoms with E-state index in [-0.39, 0.29) is 0 Å². The molecule has 1 aromatic heterocycles. The zero-order valence-corrected chi connectivity index (χ0v) is 12.2. The number of nitrogens with zero attached hydrogens (tertiary/aromatic N) is 1. The summed E-state index contributed by atoms with van der Waals surface area (Å²) in [6, 6.07) is 7.58. The Balaban J connectivity index is 1.85. The number of hydrogen-bond donors (Lipinski definition) is 1. The molecule has 2 heteroatoms. The van der Waals surface area contributed by atoms with E-state index in [1.807, 2.05) is 0 Å². The van der Waals surface area contributed by atoms with E-state index in [4.69, 9.17) is 4.98 Å². The van der Waals surface area contributed by atoms with Crippen LogP contribution < -0.4 is 5.32 Å². The smallest absolute Gasteiger partial charge is 0.0708 e. The minimum Gasteiger partial charge on any atom is -0.310 e. The van der Waals surface area contributed by atoms with Crippen LogP contribution in [0.25, 0.3) is 10.9 Å². The van der Waals surface area contributed by atoms with Gasteiger partial charge < -0.3 is 5.32 Å². The molecule has 1 heterocycles. The summed E-state index contributed by atoms with van der Waals surface area (Å²) in [5.41, 5.74) is 7.04. The molecule has 20 heavy (non-hydrogen) atoms. The van der Waals surface area contributed by atoms with Gasteiger partial charge in [-0.1, -0.05) is 13.0 Å². The van der Waals surface area contributed by atoms with Crippen molar-refractivity contribution in [2.24, 2.45) is 0 Å². The van der Waals surface area contributed by atoms with Crippen LogP contribution in [0.4, 0.5) is 0 Å². The molecule has 2 aromatic rings. The first kappa shape index (κ1) is 12.3. The van der Waals surface area contributed by atoms with Gasteiger partial charge in [-0.25, -0.2) is 0 Å². The summed E-state index contributed by atoms with van der Waals surface area (Å²) >= 11 is 0. The van der Waals surface area contributed by atoms with E-state index >= 15 is 0 Å². The molecule has 1 saturated carbocycles. The fourth-order valence-electron chi connectivity index (χ4n) is 3.36. The van der Waals surface area contributed by atoms with Gasteiger partial charge in [0.1, 0.15) is 0 Å². The van der Waals surface area contributed by atoms with E-state index in [9.17, 15) is 0 Å². The minimum absolute atomic E-state index is 0.768. The Morgan fingerprint density at radius 1 is 1.25 bits per heavy atom. The molecule has 1 fully saturated rings. The zero-order chi connectivity index (χ0) is 13.5. The van der Waals surface area contributed by atoms with Crippen LogP contribution in [-0.4, -0.2) is 11.0 Å². The lowest BCUT2D eigenvalue weighted by molar-refractivity contribution is 0.686. The van der Waals surface area contributed by atoms with Gasteiger partial charge in [0.25, 0.3) is 0 Å². The molecular weight excluding hydrogens is 244 g/mol. The molecule has 2 aliphatic carbocycles. The van der Waals surface area contributed by atoms with Crippen LogP contribution >= 0.6 is 0 Å². The first-order chi connectivity index (χ1) is 9.85. The predicted octanol–water partition coefficient (Wildman–Crippen LogP) is 3.54. The molecule has 0 spiro atoms. The van der Waals surface area contributed by atoms with Crippen molar-refractivity contribution in [1.29, 1.82) is 0 Å². The quantitative estimate of drug-likeness (QED) is 0.915. The second kappa shape index (κ2) is 4.85. The Morgan fingerprint density at radius 2 is 2.15 bits per heavy atom. The third-order valence-electron chi connectivity index (χ3n) is 4.75. The minimum atomic E-state index is 0.768. The maximum absolute atomic E-state index is 4.91. The van der Waals surface area contributed by atoms with E-state index in [1.165, 1.54) is 53.4 Å². The summed E-state index contributed by atoms with van der Waals surface area (Å²) in [6.45, 7) is 3.25. The normalized spacial score (nSPS) is 17.6. The van der Waals surface area contributed by atoms with Gasteiger partial charge in [0.15, 0.2) is 0 Å². The third kappa shape index (κ3) is 2.12. The molecule has 0 saturated heterocycles. The van der Waals surface area contributed by atoms with E-state index in [0.717, 1.165) is 25.4 Å². The van der Waals surface area contributed by atoms with Crippen LogP contribution in [0, 0.1) is 0 Å². The molecule has 0 amide bonds. The SMILES string of the molecule is CCc1ccc2nc3c(c(CNC4CC4)c2c1)CCC3. The lowest BCUT2D eigenvalue weighted by Gasteiger charge is -2.14. The number of hydrogen-bond acceptors (Lipinski definition) is 2. The van der Waals surface area contributed by atoms with Crippen LogP contribution in [0.3, 0.4) is 0 Å². The maximum Gasteiger partial charge on any atom is 0.0708 e. The van der Waals surface area contributed by atoms with Crippen LogP contribution in [0.15, 0.2) is 18.2 Å².